The molecule has 1 aliphatic carbocycles. The van der Waals surface area contributed by atoms with Gasteiger partial charge in [0, 0.05) is 16.7 Å². The van der Waals surface area contributed by atoms with Gasteiger partial charge in [-0.2, -0.15) is 0 Å². The summed E-state index contributed by atoms with van der Waals surface area (Å²) in [6.07, 6.45) is 6.44. The lowest BCUT2D eigenvalue weighted by molar-refractivity contribution is -0.125. The summed E-state index contributed by atoms with van der Waals surface area (Å²) in [5.74, 6) is 0.0976. The Hall–Kier alpha value is -0.870. The molecular formula is C17H25BrN2O. The average molecular weight is 353 g/mol. The van der Waals surface area contributed by atoms with Crippen LogP contribution >= 0.6 is 15.9 Å². The first-order chi connectivity index (χ1) is 9.98. The molecule has 1 aromatic rings. The minimum Gasteiger partial charge on any atom is -0.329 e. The summed E-state index contributed by atoms with van der Waals surface area (Å²) in [6, 6.07) is 4.07. The van der Waals surface area contributed by atoms with Gasteiger partial charge >= 0.3 is 0 Å². The third-order valence-corrected chi connectivity index (χ3v) is 5.13. The van der Waals surface area contributed by atoms with E-state index in [1.54, 1.807) is 0 Å². The number of hydrogen-bond acceptors (Lipinski definition) is 2. The molecule has 0 unspecified atom stereocenters. The molecule has 1 amide bonds. The zero-order valence-corrected chi connectivity index (χ0v) is 14.6. The summed E-state index contributed by atoms with van der Waals surface area (Å²) in [5, 5.41) is 3.16. The lowest BCUT2D eigenvalue weighted by atomic mass is 9.79. The van der Waals surface area contributed by atoms with E-state index in [1.165, 1.54) is 12.8 Å². The number of anilines is 1. The van der Waals surface area contributed by atoms with Crippen LogP contribution in [0.3, 0.4) is 0 Å². The van der Waals surface area contributed by atoms with Crippen LogP contribution in [-0.2, 0) is 4.79 Å². The maximum absolute atomic E-state index is 12.9. The predicted octanol–water partition coefficient (Wildman–Crippen LogP) is 4.30. The number of carbonyl (C=O) groups excluding carboxylic acids is 1. The van der Waals surface area contributed by atoms with E-state index in [9.17, 15) is 4.79 Å². The maximum atomic E-state index is 12.9. The van der Waals surface area contributed by atoms with Crippen LogP contribution in [0.1, 0.15) is 49.7 Å². The molecule has 0 aliphatic heterocycles. The Morgan fingerprint density at radius 2 is 1.71 bits per heavy atom. The fourth-order valence-corrected chi connectivity index (χ4v) is 3.97. The molecule has 0 spiro atoms. The van der Waals surface area contributed by atoms with Crippen molar-refractivity contribution in [1.29, 1.82) is 0 Å². The Kier molecular flexibility index (Phi) is 5.44. The first-order valence-electron chi connectivity index (χ1n) is 7.77. The van der Waals surface area contributed by atoms with Crippen LogP contribution in [-0.4, -0.2) is 12.5 Å². The van der Waals surface area contributed by atoms with Gasteiger partial charge in [-0.15, -0.1) is 0 Å². The number of halogens is 1. The summed E-state index contributed by atoms with van der Waals surface area (Å²) >= 11 is 3.49. The molecule has 3 N–H and O–H groups in total. The molecule has 116 valence electrons. The smallest absolute Gasteiger partial charge is 0.231 e. The first kappa shape index (κ1) is 16.5. The molecule has 0 atom stereocenters. The van der Waals surface area contributed by atoms with Gasteiger partial charge in [-0.25, -0.2) is 0 Å². The van der Waals surface area contributed by atoms with Crippen molar-refractivity contribution in [3.05, 3.63) is 27.7 Å². The summed E-state index contributed by atoms with van der Waals surface area (Å²) in [5.41, 5.74) is 8.70. The van der Waals surface area contributed by atoms with E-state index in [2.05, 4.69) is 21.2 Å². The third-order valence-electron chi connectivity index (χ3n) is 4.67. The van der Waals surface area contributed by atoms with Gasteiger partial charge < -0.3 is 11.1 Å². The Morgan fingerprint density at radius 3 is 2.19 bits per heavy atom. The number of hydrogen-bond donors (Lipinski definition) is 2. The summed E-state index contributed by atoms with van der Waals surface area (Å²) < 4.78 is 1.04. The highest BCUT2D eigenvalue weighted by Crippen LogP contribution is 2.36. The summed E-state index contributed by atoms with van der Waals surface area (Å²) in [6.45, 7) is 4.48. The molecule has 0 saturated heterocycles. The highest BCUT2D eigenvalue weighted by atomic mass is 79.9. The topological polar surface area (TPSA) is 55.1 Å². The van der Waals surface area contributed by atoms with Gasteiger partial charge in [0.1, 0.15) is 0 Å². The van der Waals surface area contributed by atoms with E-state index < -0.39 is 0 Å². The van der Waals surface area contributed by atoms with E-state index in [1.807, 2.05) is 26.0 Å². The van der Waals surface area contributed by atoms with Crippen molar-refractivity contribution in [3.8, 4) is 0 Å². The quantitative estimate of drug-likeness (QED) is 0.796. The fraction of sp³-hybridized carbons (Fsp3) is 0.588. The Balaban J connectivity index is 2.23. The van der Waals surface area contributed by atoms with Crippen LogP contribution in [0, 0.1) is 19.3 Å². The number of benzene rings is 1. The van der Waals surface area contributed by atoms with Crippen LogP contribution in [0.25, 0.3) is 0 Å². The van der Waals surface area contributed by atoms with Crippen LogP contribution in [0.2, 0.25) is 0 Å². The van der Waals surface area contributed by atoms with Crippen molar-refractivity contribution in [1.82, 2.24) is 0 Å². The molecule has 0 heterocycles. The average Bonchev–Trinajstić information content (AvgIpc) is 2.68. The molecule has 3 nitrogen and oxygen atoms in total. The Morgan fingerprint density at radius 1 is 1.19 bits per heavy atom. The van der Waals surface area contributed by atoms with Crippen LogP contribution < -0.4 is 11.1 Å². The second kappa shape index (κ2) is 6.93. The Labute approximate surface area is 135 Å². The molecule has 21 heavy (non-hydrogen) atoms. The number of amides is 1. The van der Waals surface area contributed by atoms with Crippen molar-refractivity contribution < 1.29 is 4.79 Å². The normalized spacial score (nSPS) is 18.1. The summed E-state index contributed by atoms with van der Waals surface area (Å²) in [4.78, 5) is 12.9. The number of carbonyl (C=O) groups is 1. The van der Waals surface area contributed by atoms with Crippen molar-refractivity contribution >= 4 is 27.5 Å². The van der Waals surface area contributed by atoms with Gasteiger partial charge in [-0.05, 0) is 49.9 Å². The van der Waals surface area contributed by atoms with Crippen molar-refractivity contribution in [2.24, 2.45) is 11.1 Å². The minimum absolute atomic E-state index is 0.0976. The van der Waals surface area contributed by atoms with Gasteiger partial charge in [-0.1, -0.05) is 41.6 Å². The van der Waals surface area contributed by atoms with E-state index >= 15 is 0 Å². The lowest BCUT2D eigenvalue weighted by Gasteiger charge is -2.30. The van der Waals surface area contributed by atoms with Crippen molar-refractivity contribution in [2.45, 2.75) is 52.4 Å². The van der Waals surface area contributed by atoms with Crippen molar-refractivity contribution in [2.75, 3.05) is 11.9 Å². The molecule has 0 bridgehead atoms. The number of rotatable bonds is 3. The monoisotopic (exact) mass is 352 g/mol. The molecule has 4 heteroatoms. The molecule has 1 saturated carbocycles. The highest BCUT2D eigenvalue weighted by Gasteiger charge is 2.37. The maximum Gasteiger partial charge on any atom is 0.231 e. The summed E-state index contributed by atoms with van der Waals surface area (Å²) in [7, 11) is 0. The first-order valence-corrected chi connectivity index (χ1v) is 8.56. The second-order valence-corrected chi connectivity index (χ2v) is 7.18. The largest absolute Gasteiger partial charge is 0.329 e. The van der Waals surface area contributed by atoms with E-state index in [4.69, 9.17) is 5.73 Å². The standard InChI is InChI=1S/C17H25BrN2O/c1-12-9-14(18)10-13(2)15(12)20-16(21)17(11-19)7-5-3-4-6-8-17/h9-10H,3-8,11,19H2,1-2H3,(H,20,21). The van der Waals surface area contributed by atoms with Crippen molar-refractivity contribution in [3.63, 3.8) is 0 Å². The molecule has 0 radical (unpaired) electrons. The zero-order chi connectivity index (χ0) is 15.5. The van der Waals surface area contributed by atoms with Crippen LogP contribution in [0.15, 0.2) is 16.6 Å². The second-order valence-electron chi connectivity index (χ2n) is 6.27. The third kappa shape index (κ3) is 3.67. The lowest BCUT2D eigenvalue weighted by Crippen LogP contribution is -2.42. The van der Waals surface area contributed by atoms with Gasteiger partial charge in [-0.3, -0.25) is 4.79 Å². The van der Waals surface area contributed by atoms with Crippen LogP contribution in [0.4, 0.5) is 5.69 Å². The molecular weight excluding hydrogens is 328 g/mol. The van der Waals surface area contributed by atoms with E-state index in [0.29, 0.717) is 6.54 Å². The fourth-order valence-electron chi connectivity index (χ4n) is 3.28. The zero-order valence-electron chi connectivity index (χ0n) is 13.0. The van der Waals surface area contributed by atoms with E-state index in [0.717, 1.165) is 47.0 Å². The van der Waals surface area contributed by atoms with Gasteiger partial charge in [0.15, 0.2) is 0 Å². The van der Waals surface area contributed by atoms with E-state index in [-0.39, 0.29) is 11.3 Å². The number of nitrogens with one attached hydrogen (secondary N) is 1. The van der Waals surface area contributed by atoms with Gasteiger partial charge in [0.2, 0.25) is 5.91 Å². The van der Waals surface area contributed by atoms with Crippen LogP contribution in [0.5, 0.6) is 0 Å². The molecule has 1 aliphatic rings. The highest BCUT2D eigenvalue weighted by molar-refractivity contribution is 9.10. The molecule has 2 rings (SSSR count). The minimum atomic E-state index is -0.386. The Bertz CT molecular complexity index is 497. The number of aryl methyl sites for hydroxylation is 2. The number of nitrogens with two attached hydrogens (primary N) is 1. The van der Waals surface area contributed by atoms with Gasteiger partial charge in [0.25, 0.3) is 0 Å². The molecule has 1 aromatic carbocycles. The molecule has 0 aromatic heterocycles. The SMILES string of the molecule is Cc1cc(Br)cc(C)c1NC(=O)C1(CN)CCCCCC1. The van der Waals surface area contributed by atoms with Gasteiger partial charge in [0.05, 0.1) is 5.41 Å². The molecule has 1 fully saturated rings. The predicted molar refractivity (Wildman–Crippen MR) is 91.4 cm³/mol.